The Bertz CT molecular complexity index is 1040. The molecule has 1 heterocycles. The van der Waals surface area contributed by atoms with Gasteiger partial charge in [0, 0.05) is 43.3 Å². The topological polar surface area (TPSA) is 77.4 Å². The van der Waals surface area contributed by atoms with E-state index in [1.807, 2.05) is 0 Å². The van der Waals surface area contributed by atoms with Crippen molar-refractivity contribution in [2.24, 2.45) is 5.92 Å². The highest BCUT2D eigenvalue weighted by molar-refractivity contribution is 6.35. The van der Waals surface area contributed by atoms with Gasteiger partial charge in [-0.25, -0.2) is 8.78 Å². The van der Waals surface area contributed by atoms with E-state index in [9.17, 15) is 23.2 Å². The minimum Gasteiger partial charge on any atom is -0.464 e. The van der Waals surface area contributed by atoms with Gasteiger partial charge in [0.15, 0.2) is 0 Å². The molecular formula is C22H25ClF2N2O4. The zero-order valence-electron chi connectivity index (χ0n) is 17.4. The van der Waals surface area contributed by atoms with E-state index in [1.54, 1.807) is 19.1 Å². The van der Waals surface area contributed by atoms with E-state index in [2.05, 4.69) is 5.32 Å². The number of rotatable bonds is 6. The van der Waals surface area contributed by atoms with Crippen LogP contribution >= 0.6 is 11.6 Å². The first-order valence-electron chi connectivity index (χ1n) is 10.2. The lowest BCUT2D eigenvalue weighted by atomic mass is 9.87. The van der Waals surface area contributed by atoms with Gasteiger partial charge in [-0.15, -0.1) is 0 Å². The summed E-state index contributed by atoms with van der Waals surface area (Å²) in [6.07, 6.45) is 1.89. The summed E-state index contributed by atoms with van der Waals surface area (Å²) in [6, 6.07) is 4.28. The van der Waals surface area contributed by atoms with E-state index in [1.165, 1.54) is 23.8 Å². The first-order valence-corrected chi connectivity index (χ1v) is 10.6. The van der Waals surface area contributed by atoms with Crippen LogP contribution in [0.25, 0.3) is 10.8 Å². The van der Waals surface area contributed by atoms with Crippen LogP contribution in [0.2, 0.25) is 5.02 Å². The van der Waals surface area contributed by atoms with Crippen molar-refractivity contribution in [1.82, 2.24) is 9.88 Å². The number of aromatic nitrogens is 1. The molecule has 31 heavy (non-hydrogen) atoms. The first-order chi connectivity index (χ1) is 14.6. The Morgan fingerprint density at radius 1 is 1.26 bits per heavy atom. The summed E-state index contributed by atoms with van der Waals surface area (Å²) < 4.78 is 33.1. The number of carbonyl (C=O) groups excluding carboxylic acids is 2. The summed E-state index contributed by atoms with van der Waals surface area (Å²) in [5.41, 5.74) is -0.158. The minimum absolute atomic E-state index is 0.0170. The molecule has 1 amide bonds. The zero-order chi connectivity index (χ0) is 22.8. The van der Waals surface area contributed by atoms with Crippen LogP contribution in [0.1, 0.15) is 55.9 Å². The van der Waals surface area contributed by atoms with Crippen molar-refractivity contribution in [2.45, 2.75) is 51.5 Å². The van der Waals surface area contributed by atoms with Gasteiger partial charge in [0.05, 0.1) is 16.6 Å². The molecule has 1 N–H and O–H groups in total. The van der Waals surface area contributed by atoms with Crippen molar-refractivity contribution < 1.29 is 23.1 Å². The van der Waals surface area contributed by atoms with Gasteiger partial charge < -0.3 is 14.6 Å². The molecule has 1 fully saturated rings. The summed E-state index contributed by atoms with van der Waals surface area (Å²) >= 11 is 6.27. The fraction of sp³-hybridized carbons (Fsp3) is 0.500. The maximum Gasteiger partial charge on any atom is 0.302 e. The van der Waals surface area contributed by atoms with E-state index in [-0.39, 0.29) is 48.1 Å². The molecule has 6 nitrogen and oxygen atoms in total. The molecule has 0 spiro atoms. The van der Waals surface area contributed by atoms with Crippen molar-refractivity contribution in [3.8, 4) is 0 Å². The highest BCUT2D eigenvalue weighted by atomic mass is 35.5. The lowest BCUT2D eigenvalue weighted by Crippen LogP contribution is -2.34. The highest BCUT2D eigenvalue weighted by Crippen LogP contribution is 2.36. The Balaban J connectivity index is 1.81. The molecule has 0 bridgehead atoms. The third-order valence-electron chi connectivity index (χ3n) is 5.68. The second-order valence-electron chi connectivity index (χ2n) is 8.07. The predicted octanol–water partition coefficient (Wildman–Crippen LogP) is 4.33. The fourth-order valence-corrected chi connectivity index (χ4v) is 4.09. The fourth-order valence-electron chi connectivity index (χ4n) is 3.84. The molecule has 1 saturated carbocycles. The third kappa shape index (κ3) is 5.42. The van der Waals surface area contributed by atoms with Gasteiger partial charge in [-0.2, -0.15) is 0 Å². The van der Waals surface area contributed by atoms with Gasteiger partial charge in [0.25, 0.3) is 11.5 Å². The monoisotopic (exact) mass is 454 g/mol. The Labute approximate surface area is 183 Å². The number of alkyl halides is 2. The van der Waals surface area contributed by atoms with Gasteiger partial charge >= 0.3 is 5.97 Å². The average molecular weight is 455 g/mol. The molecule has 0 aliphatic heterocycles. The van der Waals surface area contributed by atoms with Crippen LogP contribution in [-0.4, -0.2) is 35.5 Å². The minimum atomic E-state index is -2.62. The van der Waals surface area contributed by atoms with Crippen LogP contribution in [0.4, 0.5) is 8.78 Å². The van der Waals surface area contributed by atoms with Crippen LogP contribution in [0, 0.1) is 5.92 Å². The summed E-state index contributed by atoms with van der Waals surface area (Å²) in [5.74, 6) is -3.52. The lowest BCUT2D eigenvalue weighted by Gasteiger charge is -2.28. The molecule has 1 aromatic heterocycles. The van der Waals surface area contributed by atoms with E-state index in [0.717, 1.165) is 0 Å². The average Bonchev–Trinajstić information content (AvgIpc) is 2.71. The number of amides is 1. The molecule has 168 valence electrons. The van der Waals surface area contributed by atoms with Crippen molar-refractivity contribution >= 4 is 34.2 Å². The second-order valence-corrected chi connectivity index (χ2v) is 8.48. The number of pyridine rings is 1. The summed E-state index contributed by atoms with van der Waals surface area (Å²) in [4.78, 5) is 36.8. The molecule has 3 rings (SSSR count). The molecule has 0 radical (unpaired) electrons. The van der Waals surface area contributed by atoms with Crippen molar-refractivity contribution in [3.63, 3.8) is 0 Å². The second kappa shape index (κ2) is 9.34. The van der Waals surface area contributed by atoms with Gasteiger partial charge in [-0.3, -0.25) is 14.4 Å². The molecule has 9 heteroatoms. The highest BCUT2D eigenvalue weighted by Gasteiger charge is 2.35. The Kier molecular flexibility index (Phi) is 6.99. The normalized spacial score (nSPS) is 17.3. The Hall–Kier alpha value is -2.48. The molecule has 1 atom stereocenters. The number of hydrogen-bond acceptors (Lipinski definition) is 4. The maximum atomic E-state index is 13.3. The van der Waals surface area contributed by atoms with E-state index >= 15 is 0 Å². The quantitative estimate of drug-likeness (QED) is 0.659. The molecule has 1 aliphatic rings. The van der Waals surface area contributed by atoms with E-state index in [0.29, 0.717) is 23.6 Å². The smallest absolute Gasteiger partial charge is 0.302 e. The third-order valence-corrected chi connectivity index (χ3v) is 5.99. The number of nitrogens with zero attached hydrogens (tertiary/aromatic N) is 1. The first kappa shape index (κ1) is 23.2. The molecule has 1 aromatic carbocycles. The van der Waals surface area contributed by atoms with Gasteiger partial charge in [-0.05, 0) is 43.9 Å². The molecule has 2 aromatic rings. The van der Waals surface area contributed by atoms with E-state index in [4.69, 9.17) is 16.3 Å². The van der Waals surface area contributed by atoms with Crippen LogP contribution < -0.4 is 10.9 Å². The molecule has 1 unspecified atom stereocenters. The Morgan fingerprint density at radius 3 is 2.58 bits per heavy atom. The van der Waals surface area contributed by atoms with Gasteiger partial charge in [0.1, 0.15) is 6.61 Å². The number of nitrogens with one attached hydrogen (secondary N) is 1. The van der Waals surface area contributed by atoms with Crippen molar-refractivity contribution in [3.05, 3.63) is 45.3 Å². The van der Waals surface area contributed by atoms with Crippen LogP contribution in [-0.2, 0) is 9.53 Å². The summed E-state index contributed by atoms with van der Waals surface area (Å²) in [6.45, 7) is 3.36. The summed E-state index contributed by atoms with van der Waals surface area (Å²) in [7, 11) is 0. The summed E-state index contributed by atoms with van der Waals surface area (Å²) in [5, 5.41) is 3.70. The lowest BCUT2D eigenvalue weighted by molar-refractivity contribution is -0.141. The van der Waals surface area contributed by atoms with Crippen LogP contribution in [0.15, 0.2) is 29.2 Å². The predicted molar refractivity (Wildman–Crippen MR) is 114 cm³/mol. The number of fused-ring (bicyclic) bond motifs is 1. The molecular weight excluding hydrogens is 430 g/mol. The van der Waals surface area contributed by atoms with Gasteiger partial charge in [-0.1, -0.05) is 11.6 Å². The van der Waals surface area contributed by atoms with Gasteiger partial charge in [0.2, 0.25) is 5.92 Å². The largest absolute Gasteiger partial charge is 0.464 e. The maximum absolute atomic E-state index is 13.3. The van der Waals surface area contributed by atoms with Crippen molar-refractivity contribution in [1.29, 1.82) is 0 Å². The number of ether oxygens (including phenoxy) is 1. The number of esters is 1. The number of halogens is 3. The zero-order valence-corrected chi connectivity index (χ0v) is 18.2. The molecule has 1 aliphatic carbocycles. The molecule has 0 saturated heterocycles. The van der Waals surface area contributed by atoms with E-state index < -0.39 is 23.8 Å². The standard InChI is InChI=1S/C22H25ClF2N2O4/c1-13(12-31-14(2)28)27-10-7-16-17(21(27)30)3-4-18(23)19(16)20(29)26-11-15-5-8-22(24,25)9-6-15/h3-4,7,10,13,15H,5-6,8-9,11-12H2,1-2H3,(H,26,29). The number of benzene rings is 1. The van der Waals surface area contributed by atoms with Crippen molar-refractivity contribution in [2.75, 3.05) is 13.2 Å². The number of hydrogen-bond donors (Lipinski definition) is 1. The SMILES string of the molecule is CC(=O)OCC(C)n1ccc2c(C(=O)NCC3CCC(F)(F)CC3)c(Cl)ccc2c1=O. The Morgan fingerprint density at radius 2 is 1.94 bits per heavy atom. The van der Waals surface area contributed by atoms with Crippen LogP contribution in [0.3, 0.4) is 0 Å². The van der Waals surface area contributed by atoms with Crippen LogP contribution in [0.5, 0.6) is 0 Å². The number of carbonyl (C=O) groups is 2.